The summed E-state index contributed by atoms with van der Waals surface area (Å²) in [5.41, 5.74) is 1.10. The van der Waals surface area contributed by atoms with Gasteiger partial charge in [-0.15, -0.1) is 0 Å². The van der Waals surface area contributed by atoms with Crippen molar-refractivity contribution >= 4 is 5.91 Å². The second-order valence-corrected chi connectivity index (χ2v) is 6.66. The molecule has 2 heterocycles. The molecule has 6 nitrogen and oxygen atoms in total. The Morgan fingerprint density at radius 3 is 2.57 bits per heavy atom. The summed E-state index contributed by atoms with van der Waals surface area (Å²) in [7, 11) is 4.56. The summed E-state index contributed by atoms with van der Waals surface area (Å²) in [6.45, 7) is 0.0754. The molecule has 152 valence electrons. The van der Waals surface area contributed by atoms with Crippen molar-refractivity contribution in [2.75, 3.05) is 20.8 Å². The fourth-order valence-corrected chi connectivity index (χ4v) is 3.48. The number of methoxy groups -OCH3 is 2. The standard InChI is InChI=1S/C19H22F3N3O3/c1-24-15(18(26)25-9-5-4-6-17(25)19(20,21)22)11-14(23-24)13-10-12(27-2)7-8-16(13)28-3/h7-8,10-11,17H,4-6,9H2,1-3H3. The first-order chi connectivity index (χ1) is 13.3. The van der Waals surface area contributed by atoms with Gasteiger partial charge in [0.15, 0.2) is 0 Å². The summed E-state index contributed by atoms with van der Waals surface area (Å²) in [4.78, 5) is 13.8. The maximum atomic E-state index is 13.4. The number of aromatic nitrogens is 2. The van der Waals surface area contributed by atoms with Gasteiger partial charge in [0.2, 0.25) is 0 Å². The predicted octanol–water partition coefficient (Wildman–Crippen LogP) is 3.66. The average molecular weight is 397 g/mol. The molecule has 1 atom stereocenters. The summed E-state index contributed by atoms with van der Waals surface area (Å²) in [6.07, 6.45) is -3.53. The van der Waals surface area contributed by atoms with Gasteiger partial charge < -0.3 is 14.4 Å². The van der Waals surface area contributed by atoms with Gasteiger partial charge in [0, 0.05) is 19.2 Å². The molecule has 3 rings (SSSR count). The normalized spacial score (nSPS) is 17.5. The second kappa shape index (κ2) is 7.73. The highest BCUT2D eigenvalue weighted by Crippen LogP contribution is 2.35. The first-order valence-corrected chi connectivity index (χ1v) is 8.90. The third kappa shape index (κ3) is 3.79. The molecule has 1 saturated heterocycles. The first kappa shape index (κ1) is 20.0. The highest BCUT2D eigenvalue weighted by atomic mass is 19.4. The van der Waals surface area contributed by atoms with E-state index in [4.69, 9.17) is 9.47 Å². The topological polar surface area (TPSA) is 56.6 Å². The Kier molecular flexibility index (Phi) is 5.53. The quantitative estimate of drug-likeness (QED) is 0.790. The van der Waals surface area contributed by atoms with Crippen molar-refractivity contribution in [3.8, 4) is 22.8 Å². The summed E-state index contributed by atoms with van der Waals surface area (Å²) >= 11 is 0. The minimum Gasteiger partial charge on any atom is -0.497 e. The molecule has 2 aromatic rings. The van der Waals surface area contributed by atoms with Gasteiger partial charge in [0.05, 0.1) is 19.9 Å². The van der Waals surface area contributed by atoms with Crippen LogP contribution in [0.1, 0.15) is 29.8 Å². The lowest BCUT2D eigenvalue weighted by molar-refractivity contribution is -0.183. The number of hydrogen-bond donors (Lipinski definition) is 0. The molecule has 0 radical (unpaired) electrons. The van der Waals surface area contributed by atoms with E-state index in [9.17, 15) is 18.0 Å². The zero-order chi connectivity index (χ0) is 20.5. The highest BCUT2D eigenvalue weighted by molar-refractivity contribution is 5.94. The molecule has 0 N–H and O–H groups in total. The number of ether oxygens (including phenoxy) is 2. The molecule has 28 heavy (non-hydrogen) atoms. The number of halogens is 3. The fourth-order valence-electron chi connectivity index (χ4n) is 3.48. The van der Waals surface area contributed by atoms with Crippen molar-refractivity contribution in [3.63, 3.8) is 0 Å². The number of nitrogens with zero attached hydrogens (tertiary/aromatic N) is 3. The van der Waals surface area contributed by atoms with E-state index in [1.54, 1.807) is 18.2 Å². The third-order valence-corrected chi connectivity index (χ3v) is 4.92. The van der Waals surface area contributed by atoms with Crippen molar-refractivity contribution in [2.24, 2.45) is 7.05 Å². The third-order valence-electron chi connectivity index (χ3n) is 4.92. The smallest absolute Gasteiger partial charge is 0.408 e. The fraction of sp³-hybridized carbons (Fsp3) is 0.474. The van der Waals surface area contributed by atoms with Crippen molar-refractivity contribution in [1.82, 2.24) is 14.7 Å². The van der Waals surface area contributed by atoms with E-state index in [0.717, 1.165) is 4.90 Å². The Balaban J connectivity index is 1.97. The van der Waals surface area contributed by atoms with E-state index < -0.39 is 18.1 Å². The number of alkyl halides is 3. The van der Waals surface area contributed by atoms with Crippen LogP contribution in [0.2, 0.25) is 0 Å². The van der Waals surface area contributed by atoms with Crippen LogP contribution in [-0.2, 0) is 7.05 Å². The summed E-state index contributed by atoms with van der Waals surface area (Å²) in [5.74, 6) is 0.414. The van der Waals surface area contributed by atoms with Crippen molar-refractivity contribution in [3.05, 3.63) is 30.0 Å². The highest BCUT2D eigenvalue weighted by Gasteiger charge is 2.46. The zero-order valence-corrected chi connectivity index (χ0v) is 15.9. The molecule has 0 spiro atoms. The summed E-state index contributed by atoms with van der Waals surface area (Å²) in [6, 6.07) is 4.85. The maximum absolute atomic E-state index is 13.4. The van der Waals surface area contributed by atoms with Gasteiger partial charge in [-0.25, -0.2) is 0 Å². The van der Waals surface area contributed by atoms with Gasteiger partial charge in [-0.1, -0.05) is 0 Å². The van der Waals surface area contributed by atoms with Crippen LogP contribution >= 0.6 is 0 Å². The molecule has 9 heteroatoms. The number of carbonyl (C=O) groups excluding carboxylic acids is 1. The van der Waals surface area contributed by atoms with Gasteiger partial charge in [-0.2, -0.15) is 18.3 Å². The van der Waals surface area contributed by atoms with Crippen LogP contribution in [0.15, 0.2) is 24.3 Å². The largest absolute Gasteiger partial charge is 0.497 e. The number of amides is 1. The Morgan fingerprint density at radius 1 is 1.18 bits per heavy atom. The van der Waals surface area contributed by atoms with E-state index >= 15 is 0 Å². The Bertz CT molecular complexity index is 864. The Hall–Kier alpha value is -2.71. The van der Waals surface area contributed by atoms with Crippen LogP contribution in [0.25, 0.3) is 11.3 Å². The molecule has 1 aromatic heterocycles. The monoisotopic (exact) mass is 397 g/mol. The summed E-state index contributed by atoms with van der Waals surface area (Å²) < 4.78 is 52.0. The van der Waals surface area contributed by atoms with E-state index in [1.807, 2.05) is 0 Å². The van der Waals surface area contributed by atoms with E-state index in [2.05, 4.69) is 5.10 Å². The lowest BCUT2D eigenvalue weighted by atomic mass is 10.0. The van der Waals surface area contributed by atoms with Gasteiger partial charge in [0.1, 0.15) is 23.2 Å². The predicted molar refractivity (Wildman–Crippen MR) is 96.5 cm³/mol. The van der Waals surface area contributed by atoms with Crippen LogP contribution in [0, 0.1) is 0 Å². The van der Waals surface area contributed by atoms with E-state index in [-0.39, 0.29) is 18.7 Å². The van der Waals surface area contributed by atoms with Gasteiger partial charge in [-0.3, -0.25) is 9.48 Å². The number of likely N-dealkylation sites (tertiary alicyclic amines) is 1. The minimum atomic E-state index is -4.45. The molecule has 0 bridgehead atoms. The zero-order valence-electron chi connectivity index (χ0n) is 15.9. The number of aryl methyl sites for hydroxylation is 1. The van der Waals surface area contributed by atoms with E-state index in [1.165, 1.54) is 32.0 Å². The minimum absolute atomic E-state index is 0.0754. The lowest BCUT2D eigenvalue weighted by Gasteiger charge is -2.36. The molecular weight excluding hydrogens is 375 g/mol. The molecule has 1 aliphatic heterocycles. The molecule has 0 aliphatic carbocycles. The average Bonchev–Trinajstić information content (AvgIpc) is 3.07. The molecule has 1 fully saturated rings. The molecule has 1 amide bonds. The van der Waals surface area contributed by atoms with Gasteiger partial charge in [-0.05, 0) is 43.5 Å². The van der Waals surface area contributed by atoms with Crippen molar-refractivity contribution < 1.29 is 27.4 Å². The molecular formula is C19H22F3N3O3. The SMILES string of the molecule is COc1ccc(OC)c(-c2cc(C(=O)N3CCCCC3C(F)(F)F)n(C)n2)c1. The van der Waals surface area contributed by atoms with Gasteiger partial charge in [0.25, 0.3) is 5.91 Å². The molecule has 1 aromatic carbocycles. The lowest BCUT2D eigenvalue weighted by Crippen LogP contribution is -2.51. The van der Waals surface area contributed by atoms with E-state index in [0.29, 0.717) is 35.6 Å². The number of rotatable bonds is 4. The molecule has 1 unspecified atom stereocenters. The van der Waals surface area contributed by atoms with Crippen LogP contribution < -0.4 is 9.47 Å². The van der Waals surface area contributed by atoms with Gasteiger partial charge >= 0.3 is 6.18 Å². The molecule has 0 saturated carbocycles. The van der Waals surface area contributed by atoms with Crippen LogP contribution in [0.5, 0.6) is 11.5 Å². The number of piperidine rings is 1. The Labute approximate surface area is 160 Å². The second-order valence-electron chi connectivity index (χ2n) is 6.66. The van der Waals surface area contributed by atoms with Crippen LogP contribution in [-0.4, -0.2) is 53.6 Å². The van der Waals surface area contributed by atoms with Crippen molar-refractivity contribution in [2.45, 2.75) is 31.5 Å². The maximum Gasteiger partial charge on any atom is 0.408 e. The number of benzene rings is 1. The Morgan fingerprint density at radius 2 is 1.93 bits per heavy atom. The summed E-state index contributed by atoms with van der Waals surface area (Å²) in [5, 5.41) is 4.32. The number of hydrogen-bond acceptors (Lipinski definition) is 4. The first-order valence-electron chi connectivity index (χ1n) is 8.90. The molecule has 1 aliphatic rings. The van der Waals surface area contributed by atoms with Crippen LogP contribution in [0.3, 0.4) is 0 Å². The van der Waals surface area contributed by atoms with Crippen LogP contribution in [0.4, 0.5) is 13.2 Å². The van der Waals surface area contributed by atoms with Crippen molar-refractivity contribution in [1.29, 1.82) is 0 Å². The number of carbonyl (C=O) groups is 1.